The van der Waals surface area contributed by atoms with Crippen LogP contribution in [0.5, 0.6) is 0 Å². The molecule has 1 N–H and O–H groups in total. The molecule has 2 saturated heterocycles. The number of benzene rings is 2. The fraction of sp³-hybridized carbons (Fsp3) is 0.360. The number of nitrogens with one attached hydrogen (secondary N) is 1. The molecule has 0 radical (unpaired) electrons. The maximum atomic E-state index is 13.7. The molecule has 1 aromatic heterocycles. The summed E-state index contributed by atoms with van der Waals surface area (Å²) in [6.45, 7) is 5.33. The fourth-order valence-corrected chi connectivity index (χ4v) is 6.72. The summed E-state index contributed by atoms with van der Waals surface area (Å²) < 4.78 is 54.6. The minimum Gasteiger partial charge on any atom is -0.311 e. The molecule has 2 atom stereocenters. The number of rotatable bonds is 7. The summed E-state index contributed by atoms with van der Waals surface area (Å²) >= 11 is 1.19. The Morgan fingerprint density at radius 3 is 2.41 bits per heavy atom. The largest absolute Gasteiger partial charge is 0.311 e. The summed E-state index contributed by atoms with van der Waals surface area (Å²) in [6.07, 6.45) is 2.21. The van der Waals surface area contributed by atoms with Crippen molar-refractivity contribution in [2.24, 2.45) is 0 Å². The lowest BCUT2D eigenvalue weighted by Crippen LogP contribution is -2.52. The molecule has 0 spiro atoms. The third-order valence-corrected chi connectivity index (χ3v) is 9.23. The van der Waals surface area contributed by atoms with Crippen LogP contribution in [0.3, 0.4) is 0 Å². The van der Waals surface area contributed by atoms with Crippen molar-refractivity contribution in [1.29, 1.82) is 0 Å². The Bertz CT molecular complexity index is 1360. The van der Waals surface area contributed by atoms with Crippen molar-refractivity contribution in [2.75, 3.05) is 42.3 Å². The highest BCUT2D eigenvalue weighted by molar-refractivity contribution is 7.93. The van der Waals surface area contributed by atoms with Gasteiger partial charge in [0.15, 0.2) is 16.8 Å². The average molecular weight is 548 g/mol. The van der Waals surface area contributed by atoms with Crippen molar-refractivity contribution >= 4 is 38.1 Å². The van der Waals surface area contributed by atoms with Crippen molar-refractivity contribution in [3.05, 3.63) is 71.2 Å². The molecule has 3 aromatic rings. The monoisotopic (exact) mass is 547 g/mol. The number of nitrogens with zero attached hydrogens (tertiary/aromatic N) is 4. The van der Waals surface area contributed by atoms with Crippen LogP contribution in [0.4, 0.5) is 19.6 Å². The molecule has 2 aliphatic rings. The summed E-state index contributed by atoms with van der Waals surface area (Å²) in [5.41, 5.74) is 1.38. The van der Waals surface area contributed by atoms with E-state index in [0.29, 0.717) is 50.0 Å². The molecule has 0 aliphatic carbocycles. The number of piperazine rings is 1. The average Bonchev–Trinajstić information content (AvgIpc) is 3.54. The van der Waals surface area contributed by atoms with Gasteiger partial charge in [0, 0.05) is 56.0 Å². The number of carbonyl (C=O) groups excluding carboxylic acids is 1. The molecule has 8 nitrogen and oxygen atoms in total. The summed E-state index contributed by atoms with van der Waals surface area (Å²) in [5.74, 6) is -1.70. The molecular formula is C25H27F2N5O3S2. The van der Waals surface area contributed by atoms with Gasteiger partial charge in [0.05, 0.1) is 10.9 Å². The van der Waals surface area contributed by atoms with Gasteiger partial charge in [-0.15, -0.1) is 11.3 Å². The molecule has 0 bridgehead atoms. The minimum absolute atomic E-state index is 0.00128. The van der Waals surface area contributed by atoms with Crippen LogP contribution in [0.15, 0.2) is 58.9 Å². The molecule has 3 heterocycles. The highest BCUT2D eigenvalue weighted by Crippen LogP contribution is 2.29. The van der Waals surface area contributed by atoms with Crippen molar-refractivity contribution < 1.29 is 22.0 Å². The van der Waals surface area contributed by atoms with Gasteiger partial charge in [-0.05, 0) is 55.3 Å². The van der Waals surface area contributed by atoms with Gasteiger partial charge in [-0.1, -0.05) is 6.07 Å². The predicted octanol–water partition coefficient (Wildman–Crippen LogP) is 3.71. The normalized spacial score (nSPS) is 20.4. The second kappa shape index (κ2) is 10.4. The molecule has 37 heavy (non-hydrogen) atoms. The summed E-state index contributed by atoms with van der Waals surface area (Å²) in [6, 6.07) is 9.99. The number of aromatic nitrogens is 1. The molecule has 2 aromatic carbocycles. The Labute approximate surface area is 218 Å². The van der Waals surface area contributed by atoms with E-state index in [1.165, 1.54) is 35.7 Å². The van der Waals surface area contributed by atoms with Crippen molar-refractivity contribution in [2.45, 2.75) is 30.3 Å². The van der Waals surface area contributed by atoms with Gasteiger partial charge in [0.1, 0.15) is 0 Å². The van der Waals surface area contributed by atoms with Crippen LogP contribution in [0, 0.1) is 11.6 Å². The molecule has 196 valence electrons. The van der Waals surface area contributed by atoms with E-state index in [9.17, 15) is 22.0 Å². The molecule has 5 rings (SSSR count). The maximum absolute atomic E-state index is 13.7. The fourth-order valence-electron chi connectivity index (χ4n) is 4.93. The second-order valence-corrected chi connectivity index (χ2v) is 11.7. The third-order valence-electron chi connectivity index (χ3n) is 7.05. The number of thiazole rings is 1. The van der Waals surface area contributed by atoms with Crippen molar-refractivity contribution in [3.63, 3.8) is 0 Å². The van der Waals surface area contributed by atoms with Crippen LogP contribution < -0.4 is 9.62 Å². The van der Waals surface area contributed by atoms with Crippen LogP contribution >= 0.6 is 11.3 Å². The van der Waals surface area contributed by atoms with Gasteiger partial charge < -0.3 is 4.90 Å². The Morgan fingerprint density at radius 2 is 1.76 bits per heavy atom. The summed E-state index contributed by atoms with van der Waals surface area (Å²) in [5, 5.41) is 1.98. The first-order valence-electron chi connectivity index (χ1n) is 12.0. The van der Waals surface area contributed by atoms with E-state index in [1.54, 1.807) is 28.5 Å². The van der Waals surface area contributed by atoms with Crippen LogP contribution in [-0.2, 0) is 14.8 Å². The quantitative estimate of drug-likeness (QED) is 0.486. The van der Waals surface area contributed by atoms with E-state index in [-0.39, 0.29) is 22.9 Å². The van der Waals surface area contributed by atoms with Gasteiger partial charge in [0.25, 0.3) is 10.0 Å². The van der Waals surface area contributed by atoms with E-state index in [2.05, 4.69) is 19.5 Å². The highest BCUT2D eigenvalue weighted by Gasteiger charge is 2.38. The summed E-state index contributed by atoms with van der Waals surface area (Å²) in [7, 11) is -3.76. The van der Waals surface area contributed by atoms with Gasteiger partial charge in [0.2, 0.25) is 5.91 Å². The molecular weight excluding hydrogens is 520 g/mol. The number of sulfonamides is 1. The van der Waals surface area contributed by atoms with Crippen LogP contribution in [0.2, 0.25) is 0 Å². The van der Waals surface area contributed by atoms with Crippen LogP contribution in [0.1, 0.15) is 24.9 Å². The van der Waals surface area contributed by atoms with E-state index in [1.807, 2.05) is 6.92 Å². The highest BCUT2D eigenvalue weighted by atomic mass is 32.2. The number of halogens is 2. The third kappa shape index (κ3) is 5.37. The number of hydrogen-bond donors (Lipinski definition) is 1. The van der Waals surface area contributed by atoms with E-state index < -0.39 is 21.7 Å². The zero-order valence-electron chi connectivity index (χ0n) is 20.2. The lowest BCUT2D eigenvalue weighted by molar-refractivity contribution is -0.122. The smallest absolute Gasteiger partial charge is 0.263 e. The predicted molar refractivity (Wildman–Crippen MR) is 138 cm³/mol. The number of carbonyl (C=O) groups is 1. The molecule has 2 aliphatic heterocycles. The molecule has 1 amide bonds. The Balaban J connectivity index is 1.19. The van der Waals surface area contributed by atoms with E-state index in [0.717, 1.165) is 11.6 Å². The Kier molecular flexibility index (Phi) is 7.26. The number of hydrogen-bond acceptors (Lipinski definition) is 7. The number of anilines is 2. The first-order chi connectivity index (χ1) is 17.7. The lowest BCUT2D eigenvalue weighted by Gasteiger charge is -2.40. The number of amides is 1. The second-order valence-electron chi connectivity index (χ2n) is 9.15. The zero-order chi connectivity index (χ0) is 26.2. The molecule has 0 unspecified atom stereocenters. The zero-order valence-corrected chi connectivity index (χ0v) is 21.8. The first-order valence-corrected chi connectivity index (χ1v) is 14.4. The standard InChI is InChI=1S/C25H27F2N5O3S2/c1-17(18-2-7-21(26)22(27)16-18)30-11-13-31(14-12-30)23-8-10-32(24(23)33)19-3-5-20(6-4-19)37(34,35)29-25-28-9-15-36-25/h2-7,9,15-17,23H,8,10-14H2,1H3,(H,28,29)/t17-,23-/m0/s1. The lowest BCUT2D eigenvalue weighted by atomic mass is 10.1. The topological polar surface area (TPSA) is 85.8 Å². The molecule has 12 heteroatoms. The van der Waals surface area contributed by atoms with Crippen molar-refractivity contribution in [1.82, 2.24) is 14.8 Å². The van der Waals surface area contributed by atoms with Crippen LogP contribution in [-0.4, -0.2) is 67.9 Å². The SMILES string of the molecule is C[C@@H](c1ccc(F)c(F)c1)N1CCN([C@H]2CCN(c3ccc(S(=O)(=O)Nc4nccs4)cc3)C2=O)CC1. The van der Waals surface area contributed by atoms with Gasteiger partial charge in [-0.3, -0.25) is 19.3 Å². The first kappa shape index (κ1) is 25.7. The van der Waals surface area contributed by atoms with Crippen molar-refractivity contribution in [3.8, 4) is 0 Å². The minimum atomic E-state index is -3.76. The summed E-state index contributed by atoms with van der Waals surface area (Å²) in [4.78, 5) is 23.4. The van der Waals surface area contributed by atoms with Gasteiger partial charge >= 0.3 is 0 Å². The van der Waals surface area contributed by atoms with Gasteiger partial charge in [-0.25, -0.2) is 22.2 Å². The van der Waals surface area contributed by atoms with Gasteiger partial charge in [-0.2, -0.15) is 0 Å². The maximum Gasteiger partial charge on any atom is 0.263 e. The molecule has 2 fully saturated rings. The van der Waals surface area contributed by atoms with Crippen LogP contribution in [0.25, 0.3) is 0 Å². The Morgan fingerprint density at radius 1 is 1.03 bits per heavy atom. The van der Waals surface area contributed by atoms with E-state index in [4.69, 9.17) is 0 Å². The van der Waals surface area contributed by atoms with E-state index >= 15 is 0 Å². The Hall–Kier alpha value is -2.93. The molecule has 0 saturated carbocycles.